The van der Waals surface area contributed by atoms with Crippen LogP contribution in [0.4, 0.5) is 13.2 Å². The van der Waals surface area contributed by atoms with Gasteiger partial charge in [0.15, 0.2) is 0 Å². The lowest BCUT2D eigenvalue weighted by molar-refractivity contribution is -0.185. The maximum Gasteiger partial charge on any atom is 0.471 e. The second kappa shape index (κ2) is 8.78. The quantitative estimate of drug-likeness (QED) is 0.634. The van der Waals surface area contributed by atoms with E-state index in [4.69, 9.17) is 0 Å². The van der Waals surface area contributed by atoms with E-state index in [0.717, 1.165) is 7.11 Å². The van der Waals surface area contributed by atoms with Crippen molar-refractivity contribution in [1.29, 1.82) is 0 Å². The van der Waals surface area contributed by atoms with Crippen LogP contribution in [0, 0.1) is 0 Å². The maximum atomic E-state index is 12.5. The Kier molecular flexibility index (Phi) is 8.21. The van der Waals surface area contributed by atoms with Gasteiger partial charge in [-0.05, 0) is 13.1 Å². The van der Waals surface area contributed by atoms with Crippen molar-refractivity contribution in [1.82, 2.24) is 9.80 Å². The largest absolute Gasteiger partial charge is 0.471 e. The Balaban J connectivity index is 4.62. The van der Waals surface area contributed by atoms with E-state index in [9.17, 15) is 22.8 Å². The molecule has 0 aliphatic heterocycles. The highest BCUT2D eigenvalue weighted by molar-refractivity contribution is 5.82. The van der Waals surface area contributed by atoms with Crippen LogP contribution in [0.25, 0.3) is 0 Å². The molecule has 0 unspecified atom stereocenters. The van der Waals surface area contributed by atoms with Gasteiger partial charge < -0.3 is 14.5 Å². The highest BCUT2D eigenvalue weighted by atomic mass is 19.4. The zero-order valence-corrected chi connectivity index (χ0v) is 12.0. The third-order valence-electron chi connectivity index (χ3n) is 2.92. The Morgan fingerprint density at radius 1 is 1.05 bits per heavy atom. The molecule has 0 bridgehead atoms. The summed E-state index contributed by atoms with van der Waals surface area (Å²) in [4.78, 5) is 24.8. The second-order valence-electron chi connectivity index (χ2n) is 4.14. The lowest BCUT2D eigenvalue weighted by atomic mass is 10.3. The van der Waals surface area contributed by atoms with E-state index in [1.54, 1.807) is 0 Å². The van der Waals surface area contributed by atoms with E-state index in [-0.39, 0.29) is 19.5 Å². The molecule has 5 nitrogen and oxygen atoms in total. The second-order valence-corrected chi connectivity index (χ2v) is 4.14. The minimum atomic E-state index is -4.93. The van der Waals surface area contributed by atoms with Gasteiger partial charge in [0.05, 0.1) is 13.5 Å². The molecule has 0 aromatic heterocycles. The lowest BCUT2D eigenvalue weighted by Crippen LogP contribution is -2.45. The van der Waals surface area contributed by atoms with Crippen molar-refractivity contribution in [3.05, 3.63) is 0 Å². The van der Waals surface area contributed by atoms with Crippen molar-refractivity contribution in [2.75, 3.05) is 39.8 Å². The van der Waals surface area contributed by atoms with E-state index < -0.39 is 18.1 Å². The Labute approximate surface area is 116 Å². The topological polar surface area (TPSA) is 49.9 Å². The van der Waals surface area contributed by atoms with Crippen LogP contribution in [0.5, 0.6) is 0 Å². The number of esters is 1. The van der Waals surface area contributed by atoms with Gasteiger partial charge in [-0.3, -0.25) is 9.59 Å². The number of halogens is 3. The molecule has 0 atom stereocenters. The number of nitrogens with zero attached hydrogens (tertiary/aromatic N) is 2. The van der Waals surface area contributed by atoms with Crippen molar-refractivity contribution >= 4 is 11.9 Å². The fourth-order valence-corrected chi connectivity index (χ4v) is 1.62. The van der Waals surface area contributed by atoms with Gasteiger partial charge >= 0.3 is 18.1 Å². The predicted molar refractivity (Wildman–Crippen MR) is 67.1 cm³/mol. The number of ether oxygens (including phenoxy) is 1. The van der Waals surface area contributed by atoms with Gasteiger partial charge in [-0.15, -0.1) is 0 Å². The number of amides is 1. The molecule has 0 spiro atoms. The van der Waals surface area contributed by atoms with E-state index in [1.165, 1.54) is 0 Å². The van der Waals surface area contributed by atoms with Crippen molar-refractivity contribution in [2.24, 2.45) is 0 Å². The minimum absolute atomic E-state index is 0.0724. The zero-order valence-electron chi connectivity index (χ0n) is 12.0. The summed E-state index contributed by atoms with van der Waals surface area (Å²) in [5.74, 6) is -2.57. The van der Waals surface area contributed by atoms with E-state index in [2.05, 4.69) is 4.74 Å². The summed E-state index contributed by atoms with van der Waals surface area (Å²) in [6, 6.07) is 0. The first-order valence-corrected chi connectivity index (χ1v) is 6.41. The number of hydrogen-bond acceptors (Lipinski definition) is 4. The molecule has 0 N–H and O–H groups in total. The Hall–Kier alpha value is -1.31. The highest BCUT2D eigenvalue weighted by Crippen LogP contribution is 2.18. The third kappa shape index (κ3) is 6.74. The predicted octanol–water partition coefficient (Wildman–Crippen LogP) is 1.28. The number of rotatable bonds is 8. The molecular formula is C12H21F3N2O3. The first-order valence-electron chi connectivity index (χ1n) is 6.41. The fourth-order valence-electron chi connectivity index (χ4n) is 1.62. The van der Waals surface area contributed by atoms with E-state index in [1.807, 2.05) is 18.7 Å². The maximum absolute atomic E-state index is 12.5. The van der Waals surface area contributed by atoms with Gasteiger partial charge in [-0.1, -0.05) is 13.8 Å². The molecule has 0 aliphatic carbocycles. The molecule has 0 saturated carbocycles. The number of methoxy groups -OCH3 is 1. The van der Waals surface area contributed by atoms with Crippen LogP contribution in [-0.4, -0.2) is 67.7 Å². The van der Waals surface area contributed by atoms with E-state index in [0.29, 0.717) is 24.5 Å². The molecule has 0 fully saturated rings. The molecule has 0 radical (unpaired) electrons. The van der Waals surface area contributed by atoms with Crippen LogP contribution in [-0.2, 0) is 14.3 Å². The Bertz CT molecular complexity index is 318. The Morgan fingerprint density at radius 2 is 1.60 bits per heavy atom. The first-order chi connectivity index (χ1) is 9.26. The fraction of sp³-hybridized carbons (Fsp3) is 0.833. The van der Waals surface area contributed by atoms with Crippen molar-refractivity contribution < 1.29 is 27.5 Å². The molecule has 8 heteroatoms. The Morgan fingerprint density at radius 3 is 2.00 bits per heavy atom. The van der Waals surface area contributed by atoms with Gasteiger partial charge in [-0.25, -0.2) is 0 Å². The molecule has 0 rings (SSSR count). The standard InChI is InChI=1S/C12H21F3N2O3/c1-4-16(5-2)8-9-17(7-6-10(18)20-3)11(19)12(13,14)15/h4-9H2,1-3H3. The number of carbonyl (C=O) groups is 2. The number of hydrogen-bond donors (Lipinski definition) is 0. The van der Waals surface area contributed by atoms with Gasteiger partial charge in [-0.2, -0.15) is 13.2 Å². The third-order valence-corrected chi connectivity index (χ3v) is 2.92. The van der Waals surface area contributed by atoms with Crippen molar-refractivity contribution in [3.63, 3.8) is 0 Å². The molecule has 0 saturated heterocycles. The molecular weight excluding hydrogens is 277 g/mol. The van der Waals surface area contributed by atoms with Crippen molar-refractivity contribution in [2.45, 2.75) is 26.4 Å². The first kappa shape index (κ1) is 18.7. The summed E-state index contributed by atoms with van der Waals surface area (Å²) in [6.07, 6.45) is -5.18. The van der Waals surface area contributed by atoms with Gasteiger partial charge in [0, 0.05) is 19.6 Å². The summed E-state index contributed by atoms with van der Waals surface area (Å²) < 4.78 is 41.8. The normalized spacial score (nSPS) is 11.6. The van der Waals surface area contributed by atoms with E-state index >= 15 is 0 Å². The van der Waals surface area contributed by atoms with Crippen LogP contribution in [0.15, 0.2) is 0 Å². The van der Waals surface area contributed by atoms with Crippen LogP contribution >= 0.6 is 0 Å². The number of likely N-dealkylation sites (N-methyl/N-ethyl adjacent to an activating group) is 1. The van der Waals surface area contributed by atoms with Crippen LogP contribution < -0.4 is 0 Å². The summed E-state index contributed by atoms with van der Waals surface area (Å²) in [6.45, 7) is 5.09. The van der Waals surface area contributed by atoms with Crippen LogP contribution in [0.2, 0.25) is 0 Å². The van der Waals surface area contributed by atoms with Gasteiger partial charge in [0.2, 0.25) is 0 Å². The summed E-state index contributed by atoms with van der Waals surface area (Å²) >= 11 is 0. The van der Waals surface area contributed by atoms with Gasteiger partial charge in [0.25, 0.3) is 0 Å². The molecule has 1 amide bonds. The summed E-state index contributed by atoms with van der Waals surface area (Å²) in [5, 5.41) is 0. The number of carbonyl (C=O) groups excluding carboxylic acids is 2. The van der Waals surface area contributed by atoms with Gasteiger partial charge in [0.1, 0.15) is 0 Å². The smallest absolute Gasteiger partial charge is 0.469 e. The molecule has 0 aliphatic rings. The highest BCUT2D eigenvalue weighted by Gasteiger charge is 2.42. The molecule has 0 heterocycles. The minimum Gasteiger partial charge on any atom is -0.469 e. The molecule has 118 valence electrons. The zero-order chi connectivity index (χ0) is 15.8. The lowest BCUT2D eigenvalue weighted by Gasteiger charge is -2.26. The van der Waals surface area contributed by atoms with Crippen LogP contribution in [0.1, 0.15) is 20.3 Å². The monoisotopic (exact) mass is 298 g/mol. The molecule has 0 aromatic rings. The average Bonchev–Trinajstić information content (AvgIpc) is 2.40. The molecule has 0 aromatic carbocycles. The average molecular weight is 298 g/mol. The van der Waals surface area contributed by atoms with Crippen molar-refractivity contribution in [3.8, 4) is 0 Å². The SMILES string of the molecule is CCN(CC)CCN(CCC(=O)OC)C(=O)C(F)(F)F. The number of alkyl halides is 3. The van der Waals surface area contributed by atoms with Crippen LogP contribution in [0.3, 0.4) is 0 Å². The molecule has 20 heavy (non-hydrogen) atoms. The summed E-state index contributed by atoms with van der Waals surface area (Å²) in [5.41, 5.74) is 0. The summed E-state index contributed by atoms with van der Waals surface area (Å²) in [7, 11) is 1.15.